The standard InChI is InChI=1S/C17H22N6O2/c24-14-9-13(19-17(20-14)23-5-1-2-6-23)11-7-12(8-11)18-16-21-15(25-22-16)10-3-4-10/h9-12H,1-8H2,(H,18,22)(H,19,20,24). The first kappa shape index (κ1) is 14.9. The lowest BCUT2D eigenvalue weighted by Gasteiger charge is -2.35. The maximum atomic E-state index is 12.0. The summed E-state index contributed by atoms with van der Waals surface area (Å²) in [6.07, 6.45) is 6.50. The summed E-state index contributed by atoms with van der Waals surface area (Å²) in [6, 6.07) is 1.95. The largest absolute Gasteiger partial charge is 0.349 e. The quantitative estimate of drug-likeness (QED) is 0.857. The highest BCUT2D eigenvalue weighted by Gasteiger charge is 2.34. The third kappa shape index (κ3) is 3.01. The summed E-state index contributed by atoms with van der Waals surface area (Å²) in [4.78, 5) is 26.1. The number of hydrogen-bond acceptors (Lipinski definition) is 7. The molecule has 2 saturated carbocycles. The van der Waals surface area contributed by atoms with E-state index in [9.17, 15) is 4.79 Å². The normalized spacial score (nSPS) is 25.8. The van der Waals surface area contributed by atoms with Crippen molar-refractivity contribution in [1.29, 1.82) is 0 Å². The Hall–Kier alpha value is -2.38. The monoisotopic (exact) mass is 342 g/mol. The minimum absolute atomic E-state index is 0.0597. The molecule has 2 aliphatic carbocycles. The fraction of sp³-hybridized carbons (Fsp3) is 0.647. The number of aromatic amines is 1. The van der Waals surface area contributed by atoms with Crippen LogP contribution in [-0.4, -0.2) is 39.2 Å². The van der Waals surface area contributed by atoms with E-state index in [-0.39, 0.29) is 5.56 Å². The van der Waals surface area contributed by atoms with Gasteiger partial charge in [-0.25, -0.2) is 4.98 Å². The molecule has 0 amide bonds. The van der Waals surface area contributed by atoms with Crippen molar-refractivity contribution in [3.63, 3.8) is 0 Å². The third-order valence-corrected chi connectivity index (χ3v) is 5.41. The van der Waals surface area contributed by atoms with Gasteiger partial charge in [0.05, 0.1) is 5.69 Å². The van der Waals surface area contributed by atoms with Gasteiger partial charge < -0.3 is 14.7 Å². The van der Waals surface area contributed by atoms with Crippen molar-refractivity contribution in [1.82, 2.24) is 20.1 Å². The maximum Gasteiger partial charge on any atom is 0.263 e. The predicted octanol–water partition coefficient (Wildman–Crippen LogP) is 1.99. The van der Waals surface area contributed by atoms with Crippen molar-refractivity contribution < 1.29 is 4.52 Å². The Morgan fingerprint density at radius 2 is 1.96 bits per heavy atom. The zero-order chi connectivity index (χ0) is 16.8. The maximum absolute atomic E-state index is 12.0. The van der Waals surface area contributed by atoms with Gasteiger partial charge in [0.15, 0.2) is 0 Å². The molecule has 3 heterocycles. The molecule has 25 heavy (non-hydrogen) atoms. The predicted molar refractivity (Wildman–Crippen MR) is 92.0 cm³/mol. The Balaban J connectivity index is 1.23. The van der Waals surface area contributed by atoms with Gasteiger partial charge in [0, 0.05) is 37.0 Å². The smallest absolute Gasteiger partial charge is 0.263 e. The lowest BCUT2D eigenvalue weighted by Crippen LogP contribution is -2.36. The van der Waals surface area contributed by atoms with Gasteiger partial charge in [-0.2, -0.15) is 4.98 Å². The average molecular weight is 342 g/mol. The van der Waals surface area contributed by atoms with E-state index < -0.39 is 0 Å². The van der Waals surface area contributed by atoms with Crippen LogP contribution in [-0.2, 0) is 0 Å². The highest BCUT2D eigenvalue weighted by Crippen LogP contribution is 2.40. The Morgan fingerprint density at radius 3 is 2.72 bits per heavy atom. The SMILES string of the molecule is O=c1cc(C2CC(Nc3noc(C4CC4)n3)C2)nc(N2CCCC2)[nH]1. The molecule has 1 aliphatic heterocycles. The number of hydrogen-bond donors (Lipinski definition) is 2. The molecule has 3 fully saturated rings. The number of anilines is 2. The molecular formula is C17H22N6O2. The van der Waals surface area contributed by atoms with Gasteiger partial charge in [0.2, 0.25) is 11.8 Å². The lowest BCUT2D eigenvalue weighted by molar-refractivity contribution is 0.358. The van der Waals surface area contributed by atoms with Crippen molar-refractivity contribution in [2.75, 3.05) is 23.3 Å². The number of nitrogens with one attached hydrogen (secondary N) is 2. The number of nitrogens with zero attached hydrogens (tertiary/aromatic N) is 4. The summed E-state index contributed by atoms with van der Waals surface area (Å²) in [5.41, 5.74) is 0.839. The van der Waals surface area contributed by atoms with E-state index in [1.807, 2.05) is 0 Å². The van der Waals surface area contributed by atoms with E-state index in [0.717, 1.165) is 69.1 Å². The minimum atomic E-state index is -0.0597. The third-order valence-electron chi connectivity index (χ3n) is 5.41. The van der Waals surface area contributed by atoms with Gasteiger partial charge in [-0.15, -0.1) is 0 Å². The number of rotatable bonds is 5. The zero-order valence-corrected chi connectivity index (χ0v) is 14.1. The van der Waals surface area contributed by atoms with Crippen LogP contribution in [0.1, 0.15) is 61.9 Å². The first-order valence-electron chi connectivity index (χ1n) is 9.21. The Morgan fingerprint density at radius 1 is 1.16 bits per heavy atom. The first-order chi connectivity index (χ1) is 12.2. The molecule has 2 N–H and O–H groups in total. The Bertz CT molecular complexity index is 815. The van der Waals surface area contributed by atoms with Crippen LogP contribution in [0.3, 0.4) is 0 Å². The average Bonchev–Trinajstić information content (AvgIpc) is 3.09. The van der Waals surface area contributed by atoms with Gasteiger partial charge in [0.1, 0.15) is 0 Å². The number of H-pyrrole nitrogens is 1. The molecule has 0 spiro atoms. The molecule has 0 radical (unpaired) electrons. The molecular weight excluding hydrogens is 320 g/mol. The summed E-state index contributed by atoms with van der Waals surface area (Å²) in [5.74, 6) is 2.85. The van der Waals surface area contributed by atoms with Gasteiger partial charge in [-0.05, 0) is 43.7 Å². The van der Waals surface area contributed by atoms with E-state index in [2.05, 4.69) is 25.3 Å². The van der Waals surface area contributed by atoms with Crippen LogP contribution in [0, 0.1) is 0 Å². The van der Waals surface area contributed by atoms with Crippen molar-refractivity contribution >= 4 is 11.9 Å². The van der Waals surface area contributed by atoms with Gasteiger partial charge >= 0.3 is 0 Å². The van der Waals surface area contributed by atoms with Crippen molar-refractivity contribution in [2.45, 2.75) is 56.4 Å². The van der Waals surface area contributed by atoms with Crippen LogP contribution in [0.2, 0.25) is 0 Å². The number of aromatic nitrogens is 4. The van der Waals surface area contributed by atoms with Crippen molar-refractivity contribution in [3.8, 4) is 0 Å². The van der Waals surface area contributed by atoms with Gasteiger partial charge in [-0.1, -0.05) is 0 Å². The van der Waals surface area contributed by atoms with E-state index in [1.165, 1.54) is 0 Å². The van der Waals surface area contributed by atoms with Crippen LogP contribution in [0.25, 0.3) is 0 Å². The summed E-state index contributed by atoms with van der Waals surface area (Å²) < 4.78 is 5.27. The van der Waals surface area contributed by atoms with Crippen molar-refractivity contribution in [2.24, 2.45) is 0 Å². The molecule has 8 nitrogen and oxygen atoms in total. The molecule has 2 aromatic rings. The molecule has 0 atom stereocenters. The Labute approximate surface area is 145 Å². The zero-order valence-electron chi connectivity index (χ0n) is 14.1. The van der Waals surface area contributed by atoms with E-state index in [0.29, 0.717) is 23.8 Å². The fourth-order valence-corrected chi connectivity index (χ4v) is 3.70. The molecule has 0 unspecified atom stereocenters. The summed E-state index contributed by atoms with van der Waals surface area (Å²) >= 11 is 0. The molecule has 3 aliphatic rings. The first-order valence-corrected chi connectivity index (χ1v) is 9.21. The minimum Gasteiger partial charge on any atom is -0.349 e. The molecule has 0 aromatic carbocycles. The molecule has 2 aromatic heterocycles. The van der Waals surface area contributed by atoms with Crippen LogP contribution in [0.4, 0.5) is 11.9 Å². The second-order valence-corrected chi connectivity index (χ2v) is 7.43. The molecule has 1 saturated heterocycles. The highest BCUT2D eigenvalue weighted by atomic mass is 16.5. The second-order valence-electron chi connectivity index (χ2n) is 7.43. The molecule has 132 valence electrons. The van der Waals surface area contributed by atoms with E-state index in [1.54, 1.807) is 6.07 Å². The van der Waals surface area contributed by atoms with Crippen LogP contribution in [0.15, 0.2) is 15.4 Å². The summed E-state index contributed by atoms with van der Waals surface area (Å²) in [5, 5.41) is 7.33. The topological polar surface area (TPSA) is 99.9 Å². The summed E-state index contributed by atoms with van der Waals surface area (Å²) in [7, 11) is 0. The fourth-order valence-electron chi connectivity index (χ4n) is 3.70. The highest BCUT2D eigenvalue weighted by molar-refractivity contribution is 5.34. The van der Waals surface area contributed by atoms with Crippen LogP contribution in [0.5, 0.6) is 0 Å². The molecule has 0 bridgehead atoms. The van der Waals surface area contributed by atoms with Crippen LogP contribution < -0.4 is 15.8 Å². The summed E-state index contributed by atoms with van der Waals surface area (Å²) in [6.45, 7) is 1.95. The molecule has 5 rings (SSSR count). The van der Waals surface area contributed by atoms with Crippen molar-refractivity contribution in [3.05, 3.63) is 28.0 Å². The van der Waals surface area contributed by atoms with E-state index in [4.69, 9.17) is 9.51 Å². The Kier molecular flexibility index (Phi) is 3.50. The van der Waals surface area contributed by atoms with Gasteiger partial charge in [-0.3, -0.25) is 9.78 Å². The van der Waals surface area contributed by atoms with Crippen LogP contribution >= 0.6 is 0 Å². The second kappa shape index (κ2) is 5.86. The van der Waals surface area contributed by atoms with E-state index >= 15 is 0 Å². The van der Waals surface area contributed by atoms with Gasteiger partial charge in [0.25, 0.3) is 11.5 Å². The lowest BCUT2D eigenvalue weighted by atomic mass is 9.78. The molecule has 8 heteroatoms.